The van der Waals surface area contributed by atoms with Gasteiger partial charge in [-0.1, -0.05) is 78.9 Å². The van der Waals surface area contributed by atoms with Crippen LogP contribution in [0.1, 0.15) is 16.7 Å². The first-order valence-electron chi connectivity index (χ1n) is 13.9. The third kappa shape index (κ3) is 9.30. The monoisotopic (exact) mass is 547 g/mol. The number of nitrogens with zero attached hydrogens (tertiary/aromatic N) is 2. The number of hydrogen-bond donors (Lipinski definition) is 3. The van der Waals surface area contributed by atoms with Crippen LogP contribution in [-0.2, 0) is 29.0 Å². The molecule has 7 nitrogen and oxygen atoms in total. The van der Waals surface area contributed by atoms with Crippen LogP contribution in [-0.4, -0.2) is 85.5 Å². The average molecular weight is 548 g/mol. The molecule has 0 aliphatic heterocycles. The van der Waals surface area contributed by atoms with Gasteiger partial charge in [0.25, 0.3) is 0 Å². The summed E-state index contributed by atoms with van der Waals surface area (Å²) in [4.78, 5) is 24.1. The van der Waals surface area contributed by atoms with Crippen LogP contribution < -0.4 is 5.73 Å². The molecular weight excluding hydrogens is 502 g/mol. The topological polar surface area (TPSA) is 101 Å². The number of nitrogens with two attached hydrogens (primary N) is 1. The molecule has 0 spiro atoms. The van der Waals surface area contributed by atoms with Crippen molar-refractivity contribution in [3.05, 3.63) is 95.6 Å². The fourth-order valence-electron chi connectivity index (χ4n) is 5.14. The molecule has 0 bridgehead atoms. The van der Waals surface area contributed by atoms with Crippen LogP contribution in [0.2, 0.25) is 0 Å². The first kappa shape index (κ1) is 31.0. The molecule has 2 atom stereocenters. The Balaban J connectivity index is 1.65. The molecule has 0 radical (unpaired) electrons. The number of carboxylic acids is 2. The zero-order valence-electron chi connectivity index (χ0n) is 24.3. The molecule has 3 aromatic rings. The van der Waals surface area contributed by atoms with Crippen molar-refractivity contribution in [1.82, 2.24) is 0 Å². The highest BCUT2D eigenvalue weighted by atomic mass is 16.4. The summed E-state index contributed by atoms with van der Waals surface area (Å²) in [5, 5.41) is 19.7. The summed E-state index contributed by atoms with van der Waals surface area (Å²) in [5.41, 5.74) is 10.8. The lowest BCUT2D eigenvalue weighted by atomic mass is 9.82. The first-order valence-corrected chi connectivity index (χ1v) is 13.9. The molecule has 0 fully saturated rings. The van der Waals surface area contributed by atoms with Crippen molar-refractivity contribution in [2.24, 2.45) is 17.6 Å². The molecule has 0 heterocycles. The second-order valence-corrected chi connectivity index (χ2v) is 12.2. The summed E-state index contributed by atoms with van der Waals surface area (Å²) in [6.07, 6.45) is 0.337. The van der Waals surface area contributed by atoms with Crippen LogP contribution in [0, 0.1) is 11.8 Å². The van der Waals surface area contributed by atoms with E-state index in [9.17, 15) is 19.8 Å². The van der Waals surface area contributed by atoms with Crippen LogP contribution in [0.25, 0.3) is 11.1 Å². The number of quaternary nitrogens is 2. The van der Waals surface area contributed by atoms with Crippen molar-refractivity contribution in [2.75, 3.05) is 54.4 Å². The molecule has 0 aliphatic rings. The summed E-state index contributed by atoms with van der Waals surface area (Å²) < 4.78 is 1.82. The van der Waals surface area contributed by atoms with Crippen molar-refractivity contribution in [3.8, 4) is 11.1 Å². The minimum Gasteiger partial charge on any atom is -0.481 e. The quantitative estimate of drug-likeness (QED) is 0.248. The van der Waals surface area contributed by atoms with Crippen molar-refractivity contribution in [2.45, 2.75) is 19.4 Å². The van der Waals surface area contributed by atoms with Gasteiger partial charge in [-0.05, 0) is 35.1 Å². The van der Waals surface area contributed by atoms with Gasteiger partial charge in [0.05, 0.1) is 46.6 Å². The van der Waals surface area contributed by atoms with E-state index in [-0.39, 0.29) is 12.8 Å². The maximum absolute atomic E-state index is 12.1. The van der Waals surface area contributed by atoms with E-state index in [1.165, 1.54) is 5.56 Å². The summed E-state index contributed by atoms with van der Waals surface area (Å²) in [5.74, 6) is -4.22. The van der Waals surface area contributed by atoms with Crippen molar-refractivity contribution >= 4 is 11.9 Å². The number of hydrogen-bond acceptors (Lipinski definition) is 3. The lowest BCUT2D eigenvalue weighted by molar-refractivity contribution is -0.952. The zero-order valence-corrected chi connectivity index (χ0v) is 24.3. The van der Waals surface area contributed by atoms with E-state index in [0.717, 1.165) is 57.4 Å². The number of benzene rings is 3. The molecule has 0 aliphatic carbocycles. The van der Waals surface area contributed by atoms with Gasteiger partial charge in [0.1, 0.15) is 19.6 Å². The van der Waals surface area contributed by atoms with E-state index in [2.05, 4.69) is 52.5 Å². The smallest absolute Gasteiger partial charge is 0.307 e. The average Bonchev–Trinajstić information content (AvgIpc) is 2.91. The minimum atomic E-state index is -1.09. The van der Waals surface area contributed by atoms with E-state index >= 15 is 0 Å². The summed E-state index contributed by atoms with van der Waals surface area (Å²) >= 11 is 0. The van der Waals surface area contributed by atoms with Crippen LogP contribution in [0.15, 0.2) is 78.9 Å². The lowest BCUT2D eigenvalue weighted by Crippen LogP contribution is -2.51. The molecule has 0 amide bonds. The fraction of sp³-hybridized carbons (Fsp3) is 0.394. The van der Waals surface area contributed by atoms with Gasteiger partial charge >= 0.3 is 11.9 Å². The number of rotatable bonds is 15. The van der Waals surface area contributed by atoms with Crippen molar-refractivity contribution in [3.63, 3.8) is 0 Å². The van der Waals surface area contributed by atoms with Crippen molar-refractivity contribution < 1.29 is 28.8 Å². The summed E-state index contributed by atoms with van der Waals surface area (Å²) in [7, 11) is 8.97. The van der Waals surface area contributed by atoms with Gasteiger partial charge in [0.2, 0.25) is 0 Å². The Kier molecular flexibility index (Phi) is 10.6. The Morgan fingerprint density at radius 2 is 1.05 bits per heavy atom. The van der Waals surface area contributed by atoms with Gasteiger partial charge in [-0.3, -0.25) is 9.59 Å². The molecular formula is C33H45N3O4+2. The van der Waals surface area contributed by atoms with Crippen LogP contribution in [0.4, 0.5) is 0 Å². The Hall–Kier alpha value is -3.52. The SMILES string of the molecule is C[N+](C)(CCN)CC[N+](C)(C)Cc1ccc(-c2ccc(C[C@H](C(=O)O)[C@H](Cc3ccccc3)C(=O)O)cc2)cc1. The number of carboxylic acid groups (broad SMARTS) is 2. The molecule has 0 saturated carbocycles. The second-order valence-electron chi connectivity index (χ2n) is 12.2. The molecule has 3 aromatic carbocycles. The Labute approximate surface area is 238 Å². The Bertz CT molecular complexity index is 1240. The Morgan fingerprint density at radius 3 is 1.50 bits per heavy atom. The molecule has 40 heavy (non-hydrogen) atoms. The molecule has 7 heteroatoms. The van der Waals surface area contributed by atoms with E-state index in [4.69, 9.17) is 5.73 Å². The van der Waals surface area contributed by atoms with Gasteiger partial charge in [-0.25, -0.2) is 0 Å². The third-order valence-corrected chi connectivity index (χ3v) is 7.77. The molecule has 214 valence electrons. The summed E-state index contributed by atoms with van der Waals surface area (Å²) in [6.45, 7) is 4.73. The maximum atomic E-state index is 12.1. The van der Waals surface area contributed by atoms with Crippen LogP contribution in [0.3, 0.4) is 0 Å². The van der Waals surface area contributed by atoms with Crippen molar-refractivity contribution in [1.29, 1.82) is 0 Å². The van der Waals surface area contributed by atoms with Gasteiger partial charge in [0.15, 0.2) is 0 Å². The number of aliphatic carboxylic acids is 2. The second kappa shape index (κ2) is 13.7. The highest BCUT2D eigenvalue weighted by Gasteiger charge is 2.34. The highest BCUT2D eigenvalue weighted by molar-refractivity contribution is 5.80. The molecule has 0 saturated heterocycles. The third-order valence-electron chi connectivity index (χ3n) is 7.77. The first-order chi connectivity index (χ1) is 18.9. The maximum Gasteiger partial charge on any atom is 0.307 e. The van der Waals surface area contributed by atoms with E-state index in [1.807, 2.05) is 54.6 Å². The predicted molar refractivity (Wildman–Crippen MR) is 160 cm³/mol. The number of carbonyl (C=O) groups is 2. The molecule has 0 aromatic heterocycles. The van der Waals surface area contributed by atoms with Gasteiger partial charge in [0, 0.05) is 12.1 Å². The van der Waals surface area contributed by atoms with Gasteiger partial charge < -0.3 is 24.9 Å². The largest absolute Gasteiger partial charge is 0.481 e. The standard InChI is InChI=1S/C33H43N3O4/c1-35(2,19-18-34)20-21-36(3,4)24-27-12-16-29(17-13-27)28-14-10-26(11-15-28)23-31(33(39)40)30(32(37)38)22-25-8-6-5-7-9-25/h5-17,30-31H,18-24,34H2,1-4H3/p+2/t30-,31-/m0/s1. The molecule has 0 unspecified atom stereocenters. The minimum absolute atomic E-state index is 0.159. The summed E-state index contributed by atoms with van der Waals surface area (Å²) in [6, 6.07) is 25.5. The fourth-order valence-corrected chi connectivity index (χ4v) is 5.14. The van der Waals surface area contributed by atoms with E-state index in [1.54, 1.807) is 0 Å². The molecule has 3 rings (SSSR count). The zero-order chi connectivity index (χ0) is 29.3. The predicted octanol–water partition coefficient (Wildman–Crippen LogP) is 4.15. The Morgan fingerprint density at radius 1 is 0.625 bits per heavy atom. The van der Waals surface area contributed by atoms with Gasteiger partial charge in [-0.15, -0.1) is 0 Å². The van der Waals surface area contributed by atoms with Crippen LogP contribution >= 0.6 is 0 Å². The molecule has 4 N–H and O–H groups in total. The van der Waals surface area contributed by atoms with Gasteiger partial charge in [-0.2, -0.15) is 0 Å². The lowest BCUT2D eigenvalue weighted by Gasteiger charge is -2.35. The number of likely N-dealkylation sites (N-methyl/N-ethyl adjacent to an activating group) is 2. The van der Waals surface area contributed by atoms with Crippen LogP contribution in [0.5, 0.6) is 0 Å². The van der Waals surface area contributed by atoms with E-state index < -0.39 is 23.8 Å². The normalized spacial score (nSPS) is 13.5. The van der Waals surface area contributed by atoms with E-state index in [0.29, 0.717) is 6.54 Å². The highest BCUT2D eigenvalue weighted by Crippen LogP contribution is 2.26.